The first-order valence-electron chi connectivity index (χ1n) is 8.84. The minimum atomic E-state index is -0.521. The standard InChI is InChI=1S/C17H29N3O2S/c1-12(2)16-15(23-19-18-16)11-20-7-6-17(21,13(3)10-20)14-4-8-22-9-5-14/h12-14,21H,4-11H2,1-3H3/t13-,17+/m1/s1. The molecule has 3 rings (SSSR count). The average Bonchev–Trinajstić information content (AvgIpc) is 3.00. The lowest BCUT2D eigenvalue weighted by Crippen LogP contribution is -2.55. The summed E-state index contributed by atoms with van der Waals surface area (Å²) in [6.45, 7) is 11.0. The minimum Gasteiger partial charge on any atom is -0.389 e. The molecule has 6 heteroatoms. The number of likely N-dealkylation sites (tertiary alicyclic amines) is 1. The van der Waals surface area contributed by atoms with Gasteiger partial charge in [0.25, 0.3) is 0 Å². The monoisotopic (exact) mass is 339 g/mol. The molecule has 2 aliphatic heterocycles. The Balaban J connectivity index is 1.63. The first-order valence-corrected chi connectivity index (χ1v) is 9.61. The molecule has 2 atom stereocenters. The van der Waals surface area contributed by atoms with Crippen LogP contribution in [-0.2, 0) is 11.3 Å². The molecule has 0 aliphatic carbocycles. The fourth-order valence-electron chi connectivity index (χ4n) is 4.13. The van der Waals surface area contributed by atoms with Crippen LogP contribution in [0.4, 0.5) is 0 Å². The maximum Gasteiger partial charge on any atom is 0.0826 e. The fourth-order valence-corrected chi connectivity index (χ4v) is 4.97. The molecule has 1 N–H and O–H groups in total. The molecule has 5 nitrogen and oxygen atoms in total. The number of ether oxygens (including phenoxy) is 1. The van der Waals surface area contributed by atoms with Crippen LogP contribution in [0.2, 0.25) is 0 Å². The Labute approximate surface area is 143 Å². The second-order valence-corrected chi connectivity index (χ2v) is 8.34. The van der Waals surface area contributed by atoms with Crippen molar-refractivity contribution in [3.63, 3.8) is 0 Å². The van der Waals surface area contributed by atoms with E-state index in [1.54, 1.807) is 0 Å². The highest BCUT2D eigenvalue weighted by Crippen LogP contribution is 2.39. The van der Waals surface area contributed by atoms with E-state index < -0.39 is 5.60 Å². The third-order valence-corrected chi connectivity index (χ3v) is 6.36. The Bertz CT molecular complexity index is 516. The maximum absolute atomic E-state index is 11.2. The normalized spacial score (nSPS) is 30.9. The lowest BCUT2D eigenvalue weighted by atomic mass is 9.70. The van der Waals surface area contributed by atoms with Gasteiger partial charge in [-0.3, -0.25) is 4.90 Å². The number of hydrogen-bond acceptors (Lipinski definition) is 6. The second kappa shape index (κ2) is 7.13. The summed E-state index contributed by atoms with van der Waals surface area (Å²) >= 11 is 1.52. The van der Waals surface area contributed by atoms with Gasteiger partial charge in [0.2, 0.25) is 0 Å². The Morgan fingerprint density at radius 1 is 1.39 bits per heavy atom. The quantitative estimate of drug-likeness (QED) is 0.914. The van der Waals surface area contributed by atoms with E-state index in [0.717, 1.165) is 57.8 Å². The minimum absolute atomic E-state index is 0.294. The molecule has 2 aliphatic rings. The fraction of sp³-hybridized carbons (Fsp3) is 0.882. The zero-order valence-corrected chi connectivity index (χ0v) is 15.3. The van der Waals surface area contributed by atoms with Crippen LogP contribution in [0.1, 0.15) is 56.5 Å². The number of rotatable bonds is 4. The van der Waals surface area contributed by atoms with Gasteiger partial charge in [0.1, 0.15) is 0 Å². The maximum atomic E-state index is 11.2. The lowest BCUT2D eigenvalue weighted by Gasteiger charge is -2.48. The van der Waals surface area contributed by atoms with Crippen molar-refractivity contribution in [2.24, 2.45) is 11.8 Å². The van der Waals surface area contributed by atoms with E-state index in [1.165, 1.54) is 16.4 Å². The second-order valence-electron chi connectivity index (χ2n) is 7.50. The van der Waals surface area contributed by atoms with Crippen molar-refractivity contribution in [1.82, 2.24) is 14.5 Å². The molecule has 0 spiro atoms. The molecule has 3 heterocycles. The van der Waals surface area contributed by atoms with Crippen LogP contribution in [-0.4, -0.2) is 51.5 Å². The van der Waals surface area contributed by atoms with E-state index in [0.29, 0.717) is 17.8 Å². The highest BCUT2D eigenvalue weighted by molar-refractivity contribution is 7.05. The highest BCUT2D eigenvalue weighted by Gasteiger charge is 2.45. The van der Waals surface area contributed by atoms with E-state index in [-0.39, 0.29) is 0 Å². The van der Waals surface area contributed by atoms with Crippen molar-refractivity contribution < 1.29 is 9.84 Å². The van der Waals surface area contributed by atoms with Gasteiger partial charge in [-0.05, 0) is 48.5 Å². The van der Waals surface area contributed by atoms with Crippen molar-refractivity contribution in [1.29, 1.82) is 0 Å². The van der Waals surface area contributed by atoms with Gasteiger partial charge >= 0.3 is 0 Å². The summed E-state index contributed by atoms with van der Waals surface area (Å²) in [4.78, 5) is 3.74. The molecule has 2 saturated heterocycles. The van der Waals surface area contributed by atoms with Gasteiger partial charge < -0.3 is 9.84 Å². The molecule has 1 aromatic rings. The van der Waals surface area contributed by atoms with Crippen LogP contribution in [0.15, 0.2) is 0 Å². The van der Waals surface area contributed by atoms with Gasteiger partial charge in [0, 0.05) is 32.8 Å². The number of aliphatic hydroxyl groups is 1. The molecular weight excluding hydrogens is 310 g/mol. The third-order valence-electron chi connectivity index (χ3n) is 5.64. The van der Waals surface area contributed by atoms with E-state index in [4.69, 9.17) is 4.74 Å². The number of piperidine rings is 1. The van der Waals surface area contributed by atoms with Gasteiger partial charge in [-0.15, -0.1) is 5.10 Å². The van der Waals surface area contributed by atoms with Crippen molar-refractivity contribution >= 4 is 11.5 Å². The van der Waals surface area contributed by atoms with Gasteiger partial charge in [-0.25, -0.2) is 0 Å². The summed E-state index contributed by atoms with van der Waals surface area (Å²) in [6, 6.07) is 0. The summed E-state index contributed by atoms with van der Waals surface area (Å²) in [7, 11) is 0. The van der Waals surface area contributed by atoms with E-state index >= 15 is 0 Å². The van der Waals surface area contributed by atoms with E-state index in [9.17, 15) is 5.11 Å². The van der Waals surface area contributed by atoms with Crippen LogP contribution in [0, 0.1) is 11.8 Å². The molecule has 1 aromatic heterocycles. The van der Waals surface area contributed by atoms with Crippen molar-refractivity contribution in [2.45, 2.75) is 58.1 Å². The van der Waals surface area contributed by atoms with E-state index in [2.05, 4.69) is 35.3 Å². The predicted octanol–water partition coefficient (Wildman–Crippen LogP) is 2.66. The van der Waals surface area contributed by atoms with Crippen molar-refractivity contribution in [2.75, 3.05) is 26.3 Å². The van der Waals surface area contributed by atoms with Crippen LogP contribution in [0.3, 0.4) is 0 Å². The molecule has 0 bridgehead atoms. The van der Waals surface area contributed by atoms with Crippen LogP contribution >= 0.6 is 11.5 Å². The van der Waals surface area contributed by atoms with Crippen LogP contribution < -0.4 is 0 Å². The molecule has 2 fully saturated rings. The van der Waals surface area contributed by atoms with Gasteiger partial charge in [-0.1, -0.05) is 25.3 Å². The van der Waals surface area contributed by atoms with Crippen molar-refractivity contribution in [3.8, 4) is 0 Å². The molecule has 0 saturated carbocycles. The number of aromatic nitrogens is 2. The first kappa shape index (κ1) is 17.3. The summed E-state index contributed by atoms with van der Waals surface area (Å²) < 4.78 is 9.60. The van der Waals surface area contributed by atoms with Crippen molar-refractivity contribution in [3.05, 3.63) is 10.6 Å². The highest BCUT2D eigenvalue weighted by atomic mass is 32.1. The molecule has 130 valence electrons. The summed E-state index contributed by atoms with van der Waals surface area (Å²) in [6.07, 6.45) is 2.86. The molecule has 0 amide bonds. The molecule has 0 aromatic carbocycles. The summed E-state index contributed by atoms with van der Waals surface area (Å²) in [5.41, 5.74) is 0.612. The van der Waals surface area contributed by atoms with Crippen LogP contribution in [0.25, 0.3) is 0 Å². The van der Waals surface area contributed by atoms with E-state index in [1.807, 2.05) is 0 Å². The number of nitrogens with zero attached hydrogens (tertiary/aromatic N) is 3. The smallest absolute Gasteiger partial charge is 0.0826 e. The largest absolute Gasteiger partial charge is 0.389 e. The first-order chi connectivity index (χ1) is 11.0. The zero-order valence-electron chi connectivity index (χ0n) is 14.5. The average molecular weight is 340 g/mol. The Morgan fingerprint density at radius 2 is 2.13 bits per heavy atom. The SMILES string of the molecule is CC(C)c1nnsc1CN1CC[C@@](O)(C2CCOCC2)[C@H](C)C1. The summed E-state index contributed by atoms with van der Waals surface area (Å²) in [5, 5.41) is 15.5. The summed E-state index contributed by atoms with van der Waals surface area (Å²) in [5.74, 6) is 1.11. The number of hydrogen-bond donors (Lipinski definition) is 1. The Hall–Kier alpha value is -0.560. The molecule has 0 radical (unpaired) electrons. The third kappa shape index (κ3) is 3.60. The Kier molecular flexibility index (Phi) is 5.35. The van der Waals surface area contributed by atoms with Gasteiger partial charge in [0.05, 0.1) is 16.2 Å². The predicted molar refractivity (Wildman–Crippen MR) is 91.5 cm³/mol. The van der Waals surface area contributed by atoms with Gasteiger partial charge in [-0.2, -0.15) is 0 Å². The molecular formula is C17H29N3O2S. The zero-order chi connectivity index (χ0) is 16.4. The Morgan fingerprint density at radius 3 is 2.78 bits per heavy atom. The van der Waals surface area contributed by atoms with Gasteiger partial charge in [0.15, 0.2) is 0 Å². The topological polar surface area (TPSA) is 58.5 Å². The molecule has 0 unspecified atom stereocenters. The van der Waals surface area contributed by atoms with Crippen LogP contribution in [0.5, 0.6) is 0 Å². The molecule has 23 heavy (non-hydrogen) atoms. The lowest BCUT2D eigenvalue weighted by molar-refractivity contribution is -0.131.